The minimum atomic E-state index is -0.841. The second-order valence-corrected chi connectivity index (χ2v) is 7.60. The standard InChI is InChI=1S/C21H29NO4/c1-15(26-17-11-7-2-3-8-12-17)20(23)22-13-18(19(14-22)21(24)25)16-9-5-4-6-10-16/h4-6,9-10,15,17-19H,2-3,7-8,11-14H2,1H3,(H,24,25). The lowest BCUT2D eigenvalue weighted by Gasteiger charge is -2.25. The van der Waals surface area contributed by atoms with E-state index in [9.17, 15) is 14.7 Å². The molecule has 5 nitrogen and oxygen atoms in total. The molecule has 1 N–H and O–H groups in total. The van der Waals surface area contributed by atoms with Crippen molar-refractivity contribution in [1.29, 1.82) is 0 Å². The third-order valence-corrected chi connectivity index (χ3v) is 5.72. The van der Waals surface area contributed by atoms with Gasteiger partial charge < -0.3 is 14.7 Å². The molecular formula is C21H29NO4. The zero-order valence-electron chi connectivity index (χ0n) is 15.5. The number of amides is 1. The summed E-state index contributed by atoms with van der Waals surface area (Å²) in [6, 6.07) is 9.63. The Balaban J connectivity index is 1.64. The van der Waals surface area contributed by atoms with Crippen LogP contribution in [0.1, 0.15) is 56.9 Å². The van der Waals surface area contributed by atoms with Crippen molar-refractivity contribution in [2.45, 2.75) is 63.6 Å². The minimum absolute atomic E-state index is 0.0843. The maximum Gasteiger partial charge on any atom is 0.308 e. The fourth-order valence-electron chi connectivity index (χ4n) is 4.25. The van der Waals surface area contributed by atoms with Crippen molar-refractivity contribution in [3.8, 4) is 0 Å². The van der Waals surface area contributed by atoms with Crippen molar-refractivity contribution in [3.63, 3.8) is 0 Å². The average Bonchev–Trinajstić information content (AvgIpc) is 2.94. The first-order valence-corrected chi connectivity index (χ1v) is 9.78. The molecule has 26 heavy (non-hydrogen) atoms. The topological polar surface area (TPSA) is 66.8 Å². The van der Waals surface area contributed by atoms with Crippen LogP contribution >= 0.6 is 0 Å². The Morgan fingerprint density at radius 1 is 1.08 bits per heavy atom. The van der Waals surface area contributed by atoms with Crippen molar-refractivity contribution in [1.82, 2.24) is 4.90 Å². The molecule has 3 unspecified atom stereocenters. The summed E-state index contributed by atoms with van der Waals surface area (Å²) in [6.45, 7) is 2.50. The normalized spacial score (nSPS) is 25.7. The zero-order chi connectivity index (χ0) is 18.5. The molecule has 1 aromatic rings. The van der Waals surface area contributed by atoms with Crippen molar-refractivity contribution in [2.24, 2.45) is 5.92 Å². The number of benzene rings is 1. The van der Waals surface area contributed by atoms with E-state index in [0.29, 0.717) is 6.54 Å². The molecular weight excluding hydrogens is 330 g/mol. The van der Waals surface area contributed by atoms with Crippen molar-refractivity contribution >= 4 is 11.9 Å². The highest BCUT2D eigenvalue weighted by molar-refractivity contribution is 5.82. The van der Waals surface area contributed by atoms with Crippen LogP contribution in [0.15, 0.2) is 30.3 Å². The van der Waals surface area contributed by atoms with E-state index in [0.717, 1.165) is 31.2 Å². The molecule has 2 aliphatic rings. The van der Waals surface area contributed by atoms with Crippen LogP contribution in [0.4, 0.5) is 0 Å². The summed E-state index contributed by atoms with van der Waals surface area (Å²) in [5.74, 6) is -1.65. The fourth-order valence-corrected chi connectivity index (χ4v) is 4.25. The Morgan fingerprint density at radius 2 is 1.73 bits per heavy atom. The van der Waals surface area contributed by atoms with Crippen LogP contribution in [0.2, 0.25) is 0 Å². The lowest BCUT2D eigenvalue weighted by molar-refractivity contribution is -0.146. The lowest BCUT2D eigenvalue weighted by Crippen LogP contribution is -2.39. The van der Waals surface area contributed by atoms with Gasteiger partial charge in [0, 0.05) is 19.0 Å². The zero-order valence-corrected chi connectivity index (χ0v) is 15.5. The predicted molar refractivity (Wildman–Crippen MR) is 98.9 cm³/mol. The van der Waals surface area contributed by atoms with Crippen molar-refractivity contribution in [3.05, 3.63) is 35.9 Å². The smallest absolute Gasteiger partial charge is 0.308 e. The van der Waals surface area contributed by atoms with E-state index in [-0.39, 0.29) is 24.5 Å². The first kappa shape index (κ1) is 18.9. The summed E-state index contributed by atoms with van der Waals surface area (Å²) in [4.78, 5) is 26.2. The number of carbonyl (C=O) groups is 2. The third kappa shape index (κ3) is 4.44. The number of carbonyl (C=O) groups excluding carboxylic acids is 1. The first-order valence-electron chi connectivity index (χ1n) is 9.78. The van der Waals surface area contributed by atoms with E-state index in [2.05, 4.69) is 0 Å². The van der Waals surface area contributed by atoms with Gasteiger partial charge in [-0.15, -0.1) is 0 Å². The van der Waals surface area contributed by atoms with E-state index < -0.39 is 18.0 Å². The quantitative estimate of drug-likeness (QED) is 0.818. The van der Waals surface area contributed by atoms with Crippen LogP contribution in [0, 0.1) is 5.92 Å². The number of carboxylic acids is 1. The molecule has 1 saturated carbocycles. The van der Waals surface area contributed by atoms with Gasteiger partial charge in [0.25, 0.3) is 5.91 Å². The highest BCUT2D eigenvalue weighted by Gasteiger charge is 2.41. The Bertz CT molecular complexity index is 610. The Morgan fingerprint density at radius 3 is 2.35 bits per heavy atom. The molecule has 142 valence electrons. The Kier molecular flexibility index (Phi) is 6.30. The summed E-state index contributed by atoms with van der Waals surface area (Å²) >= 11 is 0. The van der Waals surface area contributed by atoms with Crippen molar-refractivity contribution in [2.75, 3.05) is 13.1 Å². The van der Waals surface area contributed by atoms with Gasteiger partial charge in [0.05, 0.1) is 12.0 Å². The van der Waals surface area contributed by atoms with E-state index in [4.69, 9.17) is 4.74 Å². The van der Waals surface area contributed by atoms with Crippen LogP contribution in [0.3, 0.4) is 0 Å². The van der Waals surface area contributed by atoms with Crippen LogP contribution in [-0.2, 0) is 14.3 Å². The summed E-state index contributed by atoms with van der Waals surface area (Å²) < 4.78 is 6.04. The van der Waals surface area contributed by atoms with Crippen LogP contribution in [0.25, 0.3) is 0 Å². The number of nitrogens with zero attached hydrogens (tertiary/aromatic N) is 1. The summed E-state index contributed by atoms with van der Waals surface area (Å²) in [5.41, 5.74) is 0.979. The van der Waals surface area contributed by atoms with Gasteiger partial charge in [0.15, 0.2) is 0 Å². The van der Waals surface area contributed by atoms with Gasteiger partial charge >= 0.3 is 5.97 Å². The Hall–Kier alpha value is -1.88. The largest absolute Gasteiger partial charge is 0.481 e. The number of likely N-dealkylation sites (tertiary alicyclic amines) is 1. The molecule has 0 aromatic heterocycles. The summed E-state index contributed by atoms with van der Waals surface area (Å²) in [5, 5.41) is 9.61. The molecule has 3 rings (SSSR count). The number of rotatable bonds is 5. The molecule has 1 aliphatic heterocycles. The SMILES string of the molecule is CC(OC1CCCCCC1)C(=O)N1CC(C(=O)O)C(c2ccccc2)C1. The van der Waals surface area contributed by atoms with E-state index in [1.54, 1.807) is 11.8 Å². The highest BCUT2D eigenvalue weighted by atomic mass is 16.5. The second-order valence-electron chi connectivity index (χ2n) is 7.60. The number of hydrogen-bond donors (Lipinski definition) is 1. The molecule has 0 radical (unpaired) electrons. The van der Waals surface area contributed by atoms with E-state index in [1.807, 2.05) is 30.3 Å². The molecule has 1 heterocycles. The van der Waals surface area contributed by atoms with Gasteiger partial charge in [-0.25, -0.2) is 0 Å². The van der Waals surface area contributed by atoms with Gasteiger partial charge in [-0.05, 0) is 25.3 Å². The second kappa shape index (κ2) is 8.67. The van der Waals surface area contributed by atoms with Gasteiger partial charge in [-0.1, -0.05) is 56.0 Å². The number of carboxylic acid groups (broad SMARTS) is 1. The molecule has 0 bridgehead atoms. The lowest BCUT2D eigenvalue weighted by atomic mass is 9.89. The summed E-state index contributed by atoms with van der Waals surface area (Å²) in [7, 11) is 0. The number of hydrogen-bond acceptors (Lipinski definition) is 3. The Labute approximate surface area is 155 Å². The van der Waals surface area contributed by atoms with Gasteiger partial charge in [0.2, 0.25) is 0 Å². The maximum absolute atomic E-state index is 12.9. The number of aliphatic carboxylic acids is 1. The van der Waals surface area contributed by atoms with E-state index >= 15 is 0 Å². The average molecular weight is 359 g/mol. The molecule has 1 amide bonds. The van der Waals surface area contributed by atoms with Gasteiger partial charge in [-0.2, -0.15) is 0 Å². The van der Waals surface area contributed by atoms with Crippen LogP contribution in [0.5, 0.6) is 0 Å². The molecule has 0 spiro atoms. The molecule has 1 saturated heterocycles. The summed E-state index contributed by atoms with van der Waals surface area (Å²) in [6.07, 6.45) is 6.48. The highest BCUT2D eigenvalue weighted by Crippen LogP contribution is 2.33. The molecule has 1 aromatic carbocycles. The fraction of sp³-hybridized carbons (Fsp3) is 0.619. The minimum Gasteiger partial charge on any atom is -0.481 e. The monoisotopic (exact) mass is 359 g/mol. The van der Waals surface area contributed by atoms with Crippen molar-refractivity contribution < 1.29 is 19.4 Å². The molecule has 1 aliphatic carbocycles. The van der Waals surface area contributed by atoms with Gasteiger partial charge in [-0.3, -0.25) is 9.59 Å². The molecule has 5 heteroatoms. The third-order valence-electron chi connectivity index (χ3n) is 5.72. The molecule has 2 fully saturated rings. The molecule has 3 atom stereocenters. The van der Waals surface area contributed by atoms with E-state index in [1.165, 1.54) is 12.8 Å². The predicted octanol–water partition coefficient (Wildman–Crippen LogP) is 3.44. The van der Waals surface area contributed by atoms with Crippen LogP contribution in [-0.4, -0.2) is 47.2 Å². The van der Waals surface area contributed by atoms with Gasteiger partial charge in [0.1, 0.15) is 6.10 Å². The number of ether oxygens (including phenoxy) is 1. The first-order chi connectivity index (χ1) is 12.6. The maximum atomic E-state index is 12.9. The van der Waals surface area contributed by atoms with Crippen LogP contribution < -0.4 is 0 Å².